The zero-order valence-electron chi connectivity index (χ0n) is 10.5. The van der Waals surface area contributed by atoms with Crippen molar-refractivity contribution in [2.75, 3.05) is 13.2 Å². The maximum absolute atomic E-state index is 11.6. The molecule has 1 aromatic rings. The standard InChI is InChI=1S/C12H18N2O3S/c1-9-8-18-12(16)14(9)5-4-11(15)13-7-10-3-2-6-17-10/h8,10H,2-7H2,1H3,(H,13,15). The van der Waals surface area contributed by atoms with Gasteiger partial charge in [0.1, 0.15) is 0 Å². The topological polar surface area (TPSA) is 60.3 Å². The fourth-order valence-electron chi connectivity index (χ4n) is 2.01. The number of thiazole rings is 1. The summed E-state index contributed by atoms with van der Waals surface area (Å²) in [7, 11) is 0. The van der Waals surface area contributed by atoms with E-state index in [1.807, 2.05) is 12.3 Å². The van der Waals surface area contributed by atoms with Gasteiger partial charge in [0.2, 0.25) is 5.91 Å². The molecule has 1 aliphatic rings. The van der Waals surface area contributed by atoms with E-state index in [4.69, 9.17) is 4.74 Å². The first-order chi connectivity index (χ1) is 8.66. The molecule has 1 amide bonds. The van der Waals surface area contributed by atoms with Crippen LogP contribution in [0.25, 0.3) is 0 Å². The van der Waals surface area contributed by atoms with Crippen LogP contribution < -0.4 is 10.2 Å². The van der Waals surface area contributed by atoms with Gasteiger partial charge in [-0.3, -0.25) is 9.59 Å². The lowest BCUT2D eigenvalue weighted by Crippen LogP contribution is -2.32. The van der Waals surface area contributed by atoms with Crippen LogP contribution in [0.5, 0.6) is 0 Å². The van der Waals surface area contributed by atoms with E-state index in [0.717, 1.165) is 25.1 Å². The fourth-order valence-corrected chi connectivity index (χ4v) is 2.77. The van der Waals surface area contributed by atoms with Gasteiger partial charge in [-0.05, 0) is 19.8 Å². The molecule has 18 heavy (non-hydrogen) atoms. The number of rotatable bonds is 5. The van der Waals surface area contributed by atoms with Crippen molar-refractivity contribution in [3.8, 4) is 0 Å². The van der Waals surface area contributed by atoms with E-state index in [1.54, 1.807) is 4.57 Å². The number of carbonyl (C=O) groups excluding carboxylic acids is 1. The third kappa shape index (κ3) is 3.43. The van der Waals surface area contributed by atoms with Crippen molar-refractivity contribution in [3.63, 3.8) is 0 Å². The summed E-state index contributed by atoms with van der Waals surface area (Å²) in [4.78, 5) is 23.1. The average molecular weight is 270 g/mol. The minimum Gasteiger partial charge on any atom is -0.376 e. The second kappa shape index (κ2) is 6.15. The Labute approximate surface area is 110 Å². The van der Waals surface area contributed by atoms with Crippen molar-refractivity contribution in [1.29, 1.82) is 0 Å². The van der Waals surface area contributed by atoms with Crippen LogP contribution in [-0.2, 0) is 16.1 Å². The van der Waals surface area contributed by atoms with Crippen molar-refractivity contribution < 1.29 is 9.53 Å². The molecule has 0 aliphatic carbocycles. The Bertz CT molecular complexity index is 460. The molecule has 2 rings (SSSR count). The van der Waals surface area contributed by atoms with E-state index in [-0.39, 0.29) is 16.9 Å². The summed E-state index contributed by atoms with van der Waals surface area (Å²) >= 11 is 1.17. The first-order valence-corrected chi connectivity index (χ1v) is 7.08. The third-order valence-electron chi connectivity index (χ3n) is 3.09. The van der Waals surface area contributed by atoms with E-state index in [1.165, 1.54) is 11.3 Å². The summed E-state index contributed by atoms with van der Waals surface area (Å²) in [6.45, 7) is 3.70. The molecule has 0 spiro atoms. The van der Waals surface area contributed by atoms with Gasteiger partial charge >= 0.3 is 4.87 Å². The lowest BCUT2D eigenvalue weighted by molar-refractivity contribution is -0.121. The van der Waals surface area contributed by atoms with Gasteiger partial charge in [-0.25, -0.2) is 0 Å². The molecule has 1 fully saturated rings. The number of hydrogen-bond acceptors (Lipinski definition) is 4. The summed E-state index contributed by atoms with van der Waals surface area (Å²) < 4.78 is 7.06. The number of carbonyl (C=O) groups is 1. The molecule has 1 atom stereocenters. The number of aryl methyl sites for hydroxylation is 1. The molecule has 100 valence electrons. The number of nitrogens with zero attached hydrogens (tertiary/aromatic N) is 1. The number of ether oxygens (including phenoxy) is 1. The molecule has 5 nitrogen and oxygen atoms in total. The number of amides is 1. The Balaban J connectivity index is 1.73. The Kier molecular flexibility index (Phi) is 4.54. The first kappa shape index (κ1) is 13.3. The fraction of sp³-hybridized carbons (Fsp3) is 0.667. The van der Waals surface area contributed by atoms with E-state index < -0.39 is 0 Å². The Hall–Kier alpha value is -1.14. The minimum atomic E-state index is -0.0250. The van der Waals surface area contributed by atoms with Gasteiger partial charge < -0.3 is 14.6 Å². The lowest BCUT2D eigenvalue weighted by Gasteiger charge is -2.11. The highest BCUT2D eigenvalue weighted by molar-refractivity contribution is 7.07. The van der Waals surface area contributed by atoms with Crippen LogP contribution >= 0.6 is 11.3 Å². The predicted molar refractivity (Wildman–Crippen MR) is 69.9 cm³/mol. The highest BCUT2D eigenvalue weighted by atomic mass is 32.1. The van der Waals surface area contributed by atoms with Crippen LogP contribution in [0.3, 0.4) is 0 Å². The van der Waals surface area contributed by atoms with Gasteiger partial charge in [-0.15, -0.1) is 0 Å². The van der Waals surface area contributed by atoms with Crippen LogP contribution in [0, 0.1) is 6.92 Å². The molecule has 1 aliphatic heterocycles. The normalized spacial score (nSPS) is 19.1. The molecule has 2 heterocycles. The smallest absolute Gasteiger partial charge is 0.307 e. The van der Waals surface area contributed by atoms with Crippen LogP contribution in [0.15, 0.2) is 10.2 Å². The highest BCUT2D eigenvalue weighted by Crippen LogP contribution is 2.10. The van der Waals surface area contributed by atoms with Gasteiger partial charge in [0.05, 0.1) is 6.10 Å². The molecule has 1 unspecified atom stereocenters. The Morgan fingerprint density at radius 2 is 2.50 bits per heavy atom. The van der Waals surface area contributed by atoms with Crippen LogP contribution in [0.1, 0.15) is 25.0 Å². The molecule has 1 aromatic heterocycles. The minimum absolute atomic E-state index is 0.000531. The number of hydrogen-bond donors (Lipinski definition) is 1. The lowest BCUT2D eigenvalue weighted by atomic mass is 10.2. The van der Waals surface area contributed by atoms with Gasteiger partial charge in [0, 0.05) is 37.2 Å². The Morgan fingerprint density at radius 1 is 1.67 bits per heavy atom. The summed E-state index contributed by atoms with van der Waals surface area (Å²) in [5, 5.41) is 4.66. The second-order valence-electron chi connectivity index (χ2n) is 4.48. The predicted octanol–water partition coefficient (Wildman–Crippen LogP) is 0.904. The van der Waals surface area contributed by atoms with Crippen molar-refractivity contribution in [2.24, 2.45) is 0 Å². The summed E-state index contributed by atoms with van der Waals surface area (Å²) in [6.07, 6.45) is 2.59. The second-order valence-corrected chi connectivity index (χ2v) is 5.30. The van der Waals surface area contributed by atoms with Crippen LogP contribution in [0.2, 0.25) is 0 Å². The molecule has 0 radical (unpaired) electrons. The van der Waals surface area contributed by atoms with E-state index in [2.05, 4.69) is 5.32 Å². The molecule has 1 N–H and O–H groups in total. The van der Waals surface area contributed by atoms with Crippen molar-refractivity contribution in [3.05, 3.63) is 20.7 Å². The quantitative estimate of drug-likeness (QED) is 0.865. The van der Waals surface area contributed by atoms with Crippen LogP contribution in [-0.4, -0.2) is 29.7 Å². The van der Waals surface area contributed by atoms with E-state index >= 15 is 0 Å². The highest BCUT2D eigenvalue weighted by Gasteiger charge is 2.16. The largest absolute Gasteiger partial charge is 0.376 e. The average Bonchev–Trinajstić information content (AvgIpc) is 2.96. The van der Waals surface area contributed by atoms with Gasteiger partial charge in [-0.1, -0.05) is 11.3 Å². The Morgan fingerprint density at radius 3 is 3.11 bits per heavy atom. The molecule has 0 saturated carbocycles. The number of nitrogens with one attached hydrogen (secondary N) is 1. The molecule has 6 heteroatoms. The zero-order chi connectivity index (χ0) is 13.0. The van der Waals surface area contributed by atoms with Crippen LogP contribution in [0.4, 0.5) is 0 Å². The summed E-state index contributed by atoms with van der Waals surface area (Å²) in [6, 6.07) is 0. The van der Waals surface area contributed by atoms with Crippen molar-refractivity contribution in [1.82, 2.24) is 9.88 Å². The third-order valence-corrected chi connectivity index (χ3v) is 3.97. The summed E-state index contributed by atoms with van der Waals surface area (Å²) in [5.74, 6) is -0.0250. The molecule has 1 saturated heterocycles. The monoisotopic (exact) mass is 270 g/mol. The first-order valence-electron chi connectivity index (χ1n) is 6.20. The SMILES string of the molecule is Cc1csc(=O)n1CCC(=O)NCC1CCCO1. The zero-order valence-corrected chi connectivity index (χ0v) is 11.3. The summed E-state index contributed by atoms with van der Waals surface area (Å²) in [5.41, 5.74) is 0.914. The molecule has 0 aromatic carbocycles. The van der Waals surface area contributed by atoms with E-state index in [0.29, 0.717) is 19.5 Å². The van der Waals surface area contributed by atoms with Gasteiger partial charge in [-0.2, -0.15) is 0 Å². The van der Waals surface area contributed by atoms with Crippen molar-refractivity contribution in [2.45, 2.75) is 38.8 Å². The van der Waals surface area contributed by atoms with Gasteiger partial charge in [0.15, 0.2) is 0 Å². The maximum atomic E-state index is 11.6. The van der Waals surface area contributed by atoms with Gasteiger partial charge in [0.25, 0.3) is 0 Å². The number of aromatic nitrogens is 1. The van der Waals surface area contributed by atoms with Crippen molar-refractivity contribution >= 4 is 17.2 Å². The van der Waals surface area contributed by atoms with E-state index in [9.17, 15) is 9.59 Å². The molecular weight excluding hydrogens is 252 g/mol. The maximum Gasteiger partial charge on any atom is 0.307 e. The molecule has 0 bridgehead atoms. The molecular formula is C12H18N2O3S.